The summed E-state index contributed by atoms with van der Waals surface area (Å²) in [4.78, 5) is 25.1. The number of hydrogen-bond donors (Lipinski definition) is 2. The third kappa shape index (κ3) is 7.61. The van der Waals surface area contributed by atoms with E-state index >= 15 is 0 Å². The number of nitrogens with one attached hydrogen (secondary N) is 1. The number of amides is 1. The fourth-order valence-electron chi connectivity index (χ4n) is 4.84. The first-order valence-corrected chi connectivity index (χ1v) is 14.7. The van der Waals surface area contributed by atoms with Crippen molar-refractivity contribution in [1.29, 1.82) is 0 Å². The van der Waals surface area contributed by atoms with Gasteiger partial charge in [-0.3, -0.25) is 4.79 Å². The maximum atomic E-state index is 13.4. The minimum Gasteiger partial charge on any atom is -0.480 e. The van der Waals surface area contributed by atoms with Crippen LogP contribution in [0.2, 0.25) is 0 Å². The van der Waals surface area contributed by atoms with E-state index in [2.05, 4.69) is 59.9 Å². The number of benzene rings is 4. The summed E-state index contributed by atoms with van der Waals surface area (Å²) in [5, 5.41) is 12.4. The van der Waals surface area contributed by atoms with Crippen LogP contribution in [0.15, 0.2) is 97.1 Å². The van der Waals surface area contributed by atoms with Crippen LogP contribution < -0.4 is 5.32 Å². The van der Waals surface area contributed by atoms with Crippen molar-refractivity contribution in [2.24, 2.45) is 0 Å². The number of rotatable bonds is 12. The van der Waals surface area contributed by atoms with Gasteiger partial charge in [0.1, 0.15) is 6.04 Å². The van der Waals surface area contributed by atoms with Crippen molar-refractivity contribution in [3.63, 3.8) is 0 Å². The van der Waals surface area contributed by atoms with E-state index in [9.17, 15) is 14.7 Å². The second kappa shape index (κ2) is 13.8. The molecule has 1 amide bonds. The van der Waals surface area contributed by atoms with Gasteiger partial charge in [-0.2, -0.15) is 11.8 Å². The molecular formula is C34H35NO3S. The van der Waals surface area contributed by atoms with Crippen LogP contribution in [0.25, 0.3) is 11.1 Å². The Balaban J connectivity index is 1.60. The molecule has 0 saturated carbocycles. The van der Waals surface area contributed by atoms with Gasteiger partial charge in [0.2, 0.25) is 0 Å². The zero-order valence-corrected chi connectivity index (χ0v) is 23.3. The molecular weight excluding hydrogens is 502 g/mol. The molecule has 4 aromatic rings. The molecule has 1 unspecified atom stereocenters. The molecule has 0 aliphatic carbocycles. The van der Waals surface area contributed by atoms with Crippen LogP contribution in [0.5, 0.6) is 0 Å². The Morgan fingerprint density at radius 1 is 0.795 bits per heavy atom. The summed E-state index contributed by atoms with van der Waals surface area (Å²) in [6.07, 6.45) is 4.92. The van der Waals surface area contributed by atoms with E-state index in [1.165, 1.54) is 16.7 Å². The van der Waals surface area contributed by atoms with Crippen LogP contribution in [0, 0.1) is 6.92 Å². The number of carbonyl (C=O) groups excluding carboxylic acids is 1. The van der Waals surface area contributed by atoms with E-state index in [0.29, 0.717) is 17.7 Å². The molecule has 0 fully saturated rings. The van der Waals surface area contributed by atoms with Crippen molar-refractivity contribution in [3.05, 3.63) is 130 Å². The first kappa shape index (κ1) is 28.2. The smallest absolute Gasteiger partial charge is 0.326 e. The maximum absolute atomic E-state index is 13.4. The number of thioether (sulfide) groups is 1. The molecule has 0 spiro atoms. The molecule has 0 heterocycles. The van der Waals surface area contributed by atoms with E-state index in [0.717, 1.165) is 41.5 Å². The highest BCUT2D eigenvalue weighted by Crippen LogP contribution is 2.29. The van der Waals surface area contributed by atoms with Crippen molar-refractivity contribution in [2.45, 2.75) is 38.6 Å². The van der Waals surface area contributed by atoms with E-state index in [1.54, 1.807) is 11.8 Å². The van der Waals surface area contributed by atoms with Crippen molar-refractivity contribution in [1.82, 2.24) is 5.32 Å². The average Bonchev–Trinajstić information content (AvgIpc) is 2.95. The molecule has 0 bridgehead atoms. The summed E-state index contributed by atoms with van der Waals surface area (Å²) < 4.78 is 0. The first-order chi connectivity index (χ1) is 19.0. The van der Waals surface area contributed by atoms with Crippen molar-refractivity contribution in [2.75, 3.05) is 12.0 Å². The molecule has 4 rings (SSSR count). The number of aryl methyl sites for hydroxylation is 3. The highest BCUT2D eigenvalue weighted by atomic mass is 32.2. The zero-order chi connectivity index (χ0) is 27.6. The van der Waals surface area contributed by atoms with Crippen LogP contribution in [0.1, 0.15) is 44.6 Å². The van der Waals surface area contributed by atoms with Gasteiger partial charge in [0.15, 0.2) is 0 Å². The molecule has 0 saturated heterocycles. The Bertz CT molecular complexity index is 1420. The van der Waals surface area contributed by atoms with E-state index in [-0.39, 0.29) is 5.91 Å². The third-order valence-corrected chi connectivity index (χ3v) is 7.66. The lowest BCUT2D eigenvalue weighted by Crippen LogP contribution is -2.41. The lowest BCUT2D eigenvalue weighted by Gasteiger charge is -2.18. The molecule has 0 aromatic heterocycles. The maximum Gasteiger partial charge on any atom is 0.326 e. The van der Waals surface area contributed by atoms with Gasteiger partial charge >= 0.3 is 5.97 Å². The molecule has 0 aliphatic heterocycles. The van der Waals surface area contributed by atoms with Gasteiger partial charge < -0.3 is 10.4 Å². The number of carboxylic acid groups (broad SMARTS) is 1. The summed E-state index contributed by atoms with van der Waals surface area (Å²) in [6, 6.07) is 32.1. The van der Waals surface area contributed by atoms with Gasteiger partial charge in [-0.1, -0.05) is 91.0 Å². The number of carbonyl (C=O) groups is 2. The van der Waals surface area contributed by atoms with Crippen molar-refractivity contribution >= 4 is 23.6 Å². The second-order valence-corrected chi connectivity index (χ2v) is 10.8. The fourth-order valence-corrected chi connectivity index (χ4v) is 5.31. The molecule has 4 nitrogen and oxygen atoms in total. The van der Waals surface area contributed by atoms with Gasteiger partial charge in [-0.25, -0.2) is 4.79 Å². The summed E-state index contributed by atoms with van der Waals surface area (Å²) in [7, 11) is 0. The van der Waals surface area contributed by atoms with E-state index in [4.69, 9.17) is 0 Å². The molecule has 1 atom stereocenters. The minimum absolute atomic E-state index is 0.360. The molecule has 2 N–H and O–H groups in total. The van der Waals surface area contributed by atoms with Gasteiger partial charge in [-0.05, 0) is 89.6 Å². The SMILES string of the molecule is CSCCC(NC(=O)c1ccc(CCc2ccccc2Cc2ccccc2)cc1-c1ccccc1C)C(=O)O. The van der Waals surface area contributed by atoms with E-state index < -0.39 is 12.0 Å². The normalized spacial score (nSPS) is 11.6. The highest BCUT2D eigenvalue weighted by molar-refractivity contribution is 7.98. The average molecular weight is 538 g/mol. The molecule has 0 radical (unpaired) electrons. The Hall–Kier alpha value is -3.83. The summed E-state index contributed by atoms with van der Waals surface area (Å²) in [5.74, 6) is -0.714. The molecule has 4 aromatic carbocycles. The Morgan fingerprint density at radius 3 is 2.21 bits per heavy atom. The molecule has 5 heteroatoms. The fraction of sp³-hybridized carbons (Fsp3) is 0.235. The Morgan fingerprint density at radius 2 is 1.49 bits per heavy atom. The molecule has 39 heavy (non-hydrogen) atoms. The second-order valence-electron chi connectivity index (χ2n) is 9.77. The van der Waals surface area contributed by atoms with Crippen molar-refractivity contribution in [3.8, 4) is 11.1 Å². The van der Waals surface area contributed by atoms with Crippen LogP contribution in [-0.2, 0) is 24.1 Å². The quantitative estimate of drug-likeness (QED) is 0.205. The standard InChI is InChI=1S/C34H35NO3S/c1-24-10-6-9-15-29(24)31-23-26(17-19-30(31)33(36)35-32(34(37)38)20-21-39-2)16-18-27-13-7-8-14-28(27)22-25-11-4-3-5-12-25/h3-15,17,19,23,32H,16,18,20-22H2,1-2H3,(H,35,36)(H,37,38). The number of hydrogen-bond acceptors (Lipinski definition) is 3. The third-order valence-electron chi connectivity index (χ3n) is 7.02. The minimum atomic E-state index is -1.01. The largest absolute Gasteiger partial charge is 0.480 e. The first-order valence-electron chi connectivity index (χ1n) is 13.3. The number of aliphatic carboxylic acids is 1. The summed E-state index contributed by atoms with van der Waals surface area (Å²) >= 11 is 1.56. The van der Waals surface area contributed by atoms with Crippen LogP contribution in [-0.4, -0.2) is 35.0 Å². The topological polar surface area (TPSA) is 66.4 Å². The zero-order valence-electron chi connectivity index (χ0n) is 22.5. The van der Waals surface area contributed by atoms with Gasteiger partial charge in [0.05, 0.1) is 0 Å². The predicted octanol–water partition coefficient (Wildman–Crippen LogP) is 6.97. The Kier molecular flexibility index (Phi) is 9.98. The Labute approximate surface area is 235 Å². The summed E-state index contributed by atoms with van der Waals surface area (Å²) in [6.45, 7) is 2.03. The van der Waals surface area contributed by atoms with Crippen molar-refractivity contribution < 1.29 is 14.7 Å². The lowest BCUT2D eigenvalue weighted by atomic mass is 9.91. The van der Waals surface area contributed by atoms with Gasteiger partial charge in [-0.15, -0.1) is 0 Å². The van der Waals surface area contributed by atoms with E-state index in [1.807, 2.05) is 55.6 Å². The lowest BCUT2D eigenvalue weighted by molar-refractivity contribution is -0.139. The monoisotopic (exact) mass is 537 g/mol. The molecule has 0 aliphatic rings. The highest BCUT2D eigenvalue weighted by Gasteiger charge is 2.22. The molecule has 200 valence electrons. The van der Waals surface area contributed by atoms with Crippen LogP contribution in [0.4, 0.5) is 0 Å². The summed E-state index contributed by atoms with van der Waals surface area (Å²) in [5.41, 5.74) is 8.43. The van der Waals surface area contributed by atoms with Crippen LogP contribution in [0.3, 0.4) is 0 Å². The predicted molar refractivity (Wildman–Crippen MR) is 162 cm³/mol. The van der Waals surface area contributed by atoms with Crippen LogP contribution >= 0.6 is 11.8 Å². The van der Waals surface area contributed by atoms with Gasteiger partial charge in [0.25, 0.3) is 5.91 Å². The van der Waals surface area contributed by atoms with Gasteiger partial charge in [0, 0.05) is 5.56 Å². The number of carboxylic acids is 1.